The van der Waals surface area contributed by atoms with Crippen LogP contribution in [0.15, 0.2) is 76.2 Å². The van der Waals surface area contributed by atoms with Crippen molar-refractivity contribution in [3.8, 4) is 11.3 Å². The molecule has 0 atom stereocenters. The molecule has 2 aromatic carbocycles. The van der Waals surface area contributed by atoms with E-state index in [0.29, 0.717) is 23.4 Å². The number of sulfonamides is 1. The maximum Gasteiger partial charge on any atom is 0.238 e. The highest BCUT2D eigenvalue weighted by molar-refractivity contribution is 9.10. The number of rotatable bonds is 5. The van der Waals surface area contributed by atoms with Gasteiger partial charge in [-0.15, -0.1) is 0 Å². The van der Waals surface area contributed by atoms with Crippen LogP contribution in [0, 0.1) is 5.82 Å². The minimum Gasteiger partial charge on any atom is -0.367 e. The van der Waals surface area contributed by atoms with Crippen molar-refractivity contribution in [2.45, 2.75) is 11.4 Å². The molecule has 4 aromatic rings. The molecule has 0 aliphatic carbocycles. The quantitative estimate of drug-likeness (QED) is 0.454. The van der Waals surface area contributed by atoms with E-state index in [4.69, 9.17) is 5.14 Å². The second-order valence-electron chi connectivity index (χ2n) is 6.41. The van der Waals surface area contributed by atoms with Crippen LogP contribution in [-0.4, -0.2) is 17.8 Å². The first kappa shape index (κ1) is 19.6. The summed E-state index contributed by atoms with van der Waals surface area (Å²) in [7, 11) is -3.73. The molecule has 148 valence electrons. The predicted molar refractivity (Wildman–Crippen MR) is 113 cm³/mol. The summed E-state index contributed by atoms with van der Waals surface area (Å²) in [6.45, 7) is 0.427. The largest absolute Gasteiger partial charge is 0.367 e. The van der Waals surface area contributed by atoms with Crippen LogP contribution in [0.2, 0.25) is 0 Å². The first-order valence-corrected chi connectivity index (χ1v) is 10.9. The van der Waals surface area contributed by atoms with Gasteiger partial charge >= 0.3 is 0 Å². The molecule has 0 bridgehead atoms. The summed E-state index contributed by atoms with van der Waals surface area (Å²) >= 11 is 3.48. The number of hydrogen-bond acceptors (Lipinski definition) is 4. The first-order valence-electron chi connectivity index (χ1n) is 8.61. The fourth-order valence-electron chi connectivity index (χ4n) is 2.98. The molecule has 29 heavy (non-hydrogen) atoms. The van der Waals surface area contributed by atoms with Gasteiger partial charge in [0.25, 0.3) is 0 Å². The number of hydrogen-bond donors (Lipinski definition) is 2. The van der Waals surface area contributed by atoms with Gasteiger partial charge in [-0.3, -0.25) is 4.40 Å². The molecule has 0 saturated carbocycles. The highest BCUT2D eigenvalue weighted by Crippen LogP contribution is 2.28. The molecule has 0 amide bonds. The van der Waals surface area contributed by atoms with Crippen molar-refractivity contribution >= 4 is 37.4 Å². The van der Waals surface area contributed by atoms with Crippen LogP contribution >= 0.6 is 15.9 Å². The Morgan fingerprint density at radius 1 is 1.10 bits per heavy atom. The maximum absolute atomic E-state index is 14.3. The molecule has 2 aromatic heterocycles. The van der Waals surface area contributed by atoms with Crippen molar-refractivity contribution in [3.63, 3.8) is 0 Å². The van der Waals surface area contributed by atoms with E-state index in [1.165, 1.54) is 18.2 Å². The second-order valence-corrected chi connectivity index (χ2v) is 8.82. The zero-order chi connectivity index (χ0) is 20.6. The number of nitrogens with two attached hydrogens (primary N) is 1. The van der Waals surface area contributed by atoms with Gasteiger partial charge in [-0.1, -0.05) is 24.3 Å². The zero-order valence-electron chi connectivity index (χ0n) is 15.0. The van der Waals surface area contributed by atoms with E-state index < -0.39 is 10.0 Å². The number of fused-ring (bicyclic) bond motifs is 1. The van der Waals surface area contributed by atoms with Crippen molar-refractivity contribution in [1.82, 2.24) is 9.38 Å². The number of aromatic nitrogens is 2. The molecule has 0 fully saturated rings. The number of nitrogens with one attached hydrogen (secondary N) is 1. The van der Waals surface area contributed by atoms with Crippen LogP contribution in [-0.2, 0) is 16.6 Å². The molecular formula is C20H16BrFN4O2S. The van der Waals surface area contributed by atoms with Crippen molar-refractivity contribution in [2.24, 2.45) is 5.14 Å². The molecule has 0 spiro atoms. The van der Waals surface area contributed by atoms with Gasteiger partial charge in [0.1, 0.15) is 11.6 Å². The third kappa shape index (κ3) is 4.02. The van der Waals surface area contributed by atoms with E-state index in [-0.39, 0.29) is 10.7 Å². The van der Waals surface area contributed by atoms with E-state index >= 15 is 0 Å². The summed E-state index contributed by atoms with van der Waals surface area (Å²) in [5, 5.41) is 8.44. The minimum atomic E-state index is -3.73. The SMILES string of the molecule is NS(=O)(=O)c1ccc(CNc2cc(-c3ccccc3F)nc3c(Br)ccn23)cc1. The Morgan fingerprint density at radius 2 is 1.83 bits per heavy atom. The molecule has 0 aliphatic rings. The van der Waals surface area contributed by atoms with Crippen LogP contribution < -0.4 is 10.5 Å². The Labute approximate surface area is 175 Å². The smallest absolute Gasteiger partial charge is 0.238 e. The van der Waals surface area contributed by atoms with Crippen molar-refractivity contribution in [1.29, 1.82) is 0 Å². The van der Waals surface area contributed by atoms with Gasteiger partial charge in [0.2, 0.25) is 10.0 Å². The maximum atomic E-state index is 14.3. The molecule has 4 rings (SSSR count). The fourth-order valence-corrected chi connectivity index (χ4v) is 3.89. The van der Waals surface area contributed by atoms with Gasteiger partial charge in [0, 0.05) is 24.4 Å². The summed E-state index contributed by atoms with van der Waals surface area (Å²) < 4.78 is 39.7. The lowest BCUT2D eigenvalue weighted by Crippen LogP contribution is -2.12. The Kier molecular flexibility index (Phi) is 5.12. The van der Waals surface area contributed by atoms with Crippen LogP contribution in [0.3, 0.4) is 0 Å². The predicted octanol–water partition coefficient (Wildman–Crippen LogP) is 4.16. The Bertz CT molecular complexity index is 1300. The summed E-state index contributed by atoms with van der Waals surface area (Å²) in [5.41, 5.74) is 2.42. The van der Waals surface area contributed by atoms with Crippen LogP contribution in [0.25, 0.3) is 16.9 Å². The van der Waals surface area contributed by atoms with Gasteiger partial charge in [-0.2, -0.15) is 0 Å². The highest BCUT2D eigenvalue weighted by atomic mass is 79.9. The van der Waals surface area contributed by atoms with Crippen molar-refractivity contribution in [3.05, 3.63) is 82.7 Å². The minimum absolute atomic E-state index is 0.0590. The van der Waals surface area contributed by atoms with E-state index in [2.05, 4.69) is 26.2 Å². The van der Waals surface area contributed by atoms with Crippen LogP contribution in [0.4, 0.5) is 10.2 Å². The van der Waals surface area contributed by atoms with E-state index in [9.17, 15) is 12.8 Å². The van der Waals surface area contributed by atoms with Gasteiger partial charge in [0.05, 0.1) is 15.1 Å². The molecule has 9 heteroatoms. The first-order chi connectivity index (χ1) is 13.8. The number of benzene rings is 2. The molecule has 3 N–H and O–H groups in total. The van der Waals surface area contributed by atoms with E-state index in [1.807, 2.05) is 16.7 Å². The van der Waals surface area contributed by atoms with Gasteiger partial charge in [0.15, 0.2) is 5.65 Å². The van der Waals surface area contributed by atoms with Crippen LogP contribution in [0.1, 0.15) is 5.56 Å². The average Bonchev–Trinajstić information content (AvgIpc) is 3.07. The molecule has 2 heterocycles. The Balaban J connectivity index is 1.69. The molecule has 0 radical (unpaired) electrons. The van der Waals surface area contributed by atoms with Crippen molar-refractivity contribution in [2.75, 3.05) is 5.32 Å². The zero-order valence-corrected chi connectivity index (χ0v) is 17.4. The van der Waals surface area contributed by atoms with E-state index in [0.717, 1.165) is 15.9 Å². The van der Waals surface area contributed by atoms with Crippen LogP contribution in [0.5, 0.6) is 0 Å². The number of nitrogens with zero attached hydrogens (tertiary/aromatic N) is 2. The molecular weight excluding hydrogens is 459 g/mol. The standard InChI is InChI=1S/C20H16BrFN4O2S/c21-16-9-10-26-19(24-12-13-5-7-14(8-6-13)29(23,27)28)11-18(25-20(16)26)15-3-1-2-4-17(15)22/h1-11,24H,12H2,(H2,23,27,28). The second kappa shape index (κ2) is 7.58. The third-order valence-electron chi connectivity index (χ3n) is 4.45. The molecule has 0 aliphatic heterocycles. The lowest BCUT2D eigenvalue weighted by atomic mass is 10.1. The van der Waals surface area contributed by atoms with Gasteiger partial charge in [-0.05, 0) is 51.8 Å². The summed E-state index contributed by atoms with van der Waals surface area (Å²) in [6.07, 6.45) is 1.85. The molecule has 6 nitrogen and oxygen atoms in total. The molecule has 0 unspecified atom stereocenters. The van der Waals surface area contributed by atoms with Gasteiger partial charge in [-0.25, -0.2) is 22.9 Å². The average molecular weight is 475 g/mol. The number of primary sulfonamides is 1. The van der Waals surface area contributed by atoms with Gasteiger partial charge < -0.3 is 5.32 Å². The normalized spacial score (nSPS) is 11.7. The lowest BCUT2D eigenvalue weighted by Gasteiger charge is -2.13. The Morgan fingerprint density at radius 3 is 2.52 bits per heavy atom. The monoisotopic (exact) mass is 474 g/mol. The highest BCUT2D eigenvalue weighted by Gasteiger charge is 2.13. The number of halogens is 2. The summed E-state index contributed by atoms with van der Waals surface area (Å²) in [4.78, 5) is 4.63. The fraction of sp³-hybridized carbons (Fsp3) is 0.0500. The Hall–Kier alpha value is -2.75. The number of anilines is 1. The summed E-state index contributed by atoms with van der Waals surface area (Å²) in [5.74, 6) is 0.367. The lowest BCUT2D eigenvalue weighted by molar-refractivity contribution is 0.597. The topological polar surface area (TPSA) is 89.5 Å². The van der Waals surface area contributed by atoms with E-state index in [1.54, 1.807) is 36.4 Å². The van der Waals surface area contributed by atoms with Crippen molar-refractivity contribution < 1.29 is 12.8 Å². The third-order valence-corrected chi connectivity index (χ3v) is 5.99. The molecule has 0 saturated heterocycles. The summed E-state index contributed by atoms with van der Waals surface area (Å²) in [6, 6.07) is 16.4.